The minimum Gasteiger partial charge on any atom is -0.342 e. The lowest BCUT2D eigenvalue weighted by molar-refractivity contribution is -0.130. The van der Waals surface area contributed by atoms with Crippen LogP contribution in [-0.4, -0.2) is 30.4 Å². The van der Waals surface area contributed by atoms with Gasteiger partial charge in [0.05, 0.1) is 6.54 Å². The molecule has 0 aliphatic carbocycles. The molecular weight excluding hydrogens is 244 g/mol. The highest BCUT2D eigenvalue weighted by Gasteiger charge is 2.16. The first-order valence-electron chi connectivity index (χ1n) is 6.82. The molecule has 18 heavy (non-hydrogen) atoms. The van der Waals surface area contributed by atoms with Crippen molar-refractivity contribution in [2.45, 2.75) is 38.6 Å². The summed E-state index contributed by atoms with van der Waals surface area (Å²) in [5.41, 5.74) is 0. The largest absolute Gasteiger partial charge is 0.342 e. The van der Waals surface area contributed by atoms with Gasteiger partial charge in [-0.05, 0) is 31.2 Å². The lowest BCUT2D eigenvalue weighted by Gasteiger charge is -2.21. The molecule has 1 N–H and O–H groups in total. The van der Waals surface area contributed by atoms with Crippen LogP contribution in [0.1, 0.15) is 43.5 Å². The number of carbonyl (C=O) groups excluding carboxylic acids is 1. The molecule has 100 valence electrons. The van der Waals surface area contributed by atoms with Crippen LogP contribution in [0.3, 0.4) is 0 Å². The van der Waals surface area contributed by atoms with Crippen LogP contribution in [0.5, 0.6) is 0 Å². The van der Waals surface area contributed by atoms with Crippen LogP contribution in [0, 0.1) is 0 Å². The van der Waals surface area contributed by atoms with E-state index in [4.69, 9.17) is 0 Å². The molecule has 1 aromatic rings. The van der Waals surface area contributed by atoms with E-state index in [1.165, 1.54) is 17.7 Å². The minimum atomic E-state index is 0.250. The monoisotopic (exact) mass is 266 g/mol. The third kappa shape index (κ3) is 3.82. The van der Waals surface area contributed by atoms with Gasteiger partial charge >= 0.3 is 0 Å². The van der Waals surface area contributed by atoms with Crippen LogP contribution in [0.4, 0.5) is 0 Å². The lowest BCUT2D eigenvalue weighted by atomic mass is 10.2. The Morgan fingerprint density at radius 1 is 1.39 bits per heavy atom. The van der Waals surface area contributed by atoms with Gasteiger partial charge in [-0.3, -0.25) is 4.79 Å². The first kappa shape index (κ1) is 13.6. The first-order valence-corrected chi connectivity index (χ1v) is 7.70. The van der Waals surface area contributed by atoms with Gasteiger partial charge in [-0.2, -0.15) is 0 Å². The molecule has 0 saturated carbocycles. The Morgan fingerprint density at radius 3 is 2.72 bits per heavy atom. The normalized spacial score (nSPS) is 18.4. The fourth-order valence-corrected chi connectivity index (χ4v) is 3.07. The molecule has 3 nitrogen and oxygen atoms in total. The third-order valence-corrected chi connectivity index (χ3v) is 4.54. The van der Waals surface area contributed by atoms with Gasteiger partial charge in [0.15, 0.2) is 0 Å². The van der Waals surface area contributed by atoms with Crippen molar-refractivity contribution in [2.24, 2.45) is 0 Å². The molecule has 0 radical (unpaired) electrons. The number of hydrogen-bond donors (Lipinski definition) is 1. The molecular formula is C14H22N2OS. The van der Waals surface area contributed by atoms with Gasteiger partial charge in [-0.25, -0.2) is 0 Å². The van der Waals surface area contributed by atoms with Gasteiger partial charge in [0.1, 0.15) is 0 Å². The zero-order valence-electron chi connectivity index (χ0n) is 11.0. The number of nitrogens with zero attached hydrogens (tertiary/aromatic N) is 1. The smallest absolute Gasteiger partial charge is 0.236 e. The zero-order chi connectivity index (χ0) is 12.8. The predicted molar refractivity (Wildman–Crippen MR) is 75.8 cm³/mol. The van der Waals surface area contributed by atoms with Crippen LogP contribution in [-0.2, 0) is 4.79 Å². The summed E-state index contributed by atoms with van der Waals surface area (Å²) in [4.78, 5) is 15.4. The standard InChI is InChI=1S/C14H22N2OS/c1-12(13-7-6-10-18-13)15-11-14(17)16-8-4-2-3-5-9-16/h6-7,10,12,15H,2-5,8-9,11H2,1H3. The van der Waals surface area contributed by atoms with Crippen molar-refractivity contribution in [3.8, 4) is 0 Å². The van der Waals surface area contributed by atoms with E-state index in [-0.39, 0.29) is 11.9 Å². The molecule has 1 aliphatic rings. The molecule has 4 heteroatoms. The van der Waals surface area contributed by atoms with Crippen molar-refractivity contribution in [3.05, 3.63) is 22.4 Å². The fourth-order valence-electron chi connectivity index (χ4n) is 2.31. The molecule has 0 aromatic carbocycles. The van der Waals surface area contributed by atoms with Crippen molar-refractivity contribution in [1.82, 2.24) is 10.2 Å². The summed E-state index contributed by atoms with van der Waals surface area (Å²) < 4.78 is 0. The number of carbonyl (C=O) groups is 1. The highest BCUT2D eigenvalue weighted by molar-refractivity contribution is 7.10. The number of nitrogens with one attached hydrogen (secondary N) is 1. The number of rotatable bonds is 4. The van der Waals surface area contributed by atoms with E-state index in [1.54, 1.807) is 11.3 Å². The second-order valence-corrected chi connectivity index (χ2v) is 5.89. The van der Waals surface area contributed by atoms with Gasteiger partial charge in [0.25, 0.3) is 0 Å². The SMILES string of the molecule is CC(NCC(=O)N1CCCCCC1)c1cccs1. The summed E-state index contributed by atoms with van der Waals surface area (Å²) in [6.45, 7) is 4.45. The maximum atomic E-state index is 12.1. The molecule has 1 aromatic heterocycles. The topological polar surface area (TPSA) is 32.3 Å². The molecule has 1 fully saturated rings. The molecule has 1 saturated heterocycles. The average Bonchev–Trinajstić information content (AvgIpc) is 2.78. The molecule has 2 rings (SSSR count). The highest BCUT2D eigenvalue weighted by atomic mass is 32.1. The molecule has 0 spiro atoms. The van der Waals surface area contributed by atoms with Crippen molar-refractivity contribution in [2.75, 3.05) is 19.6 Å². The Bertz CT molecular complexity index is 356. The van der Waals surface area contributed by atoms with Gasteiger partial charge in [-0.1, -0.05) is 18.9 Å². The number of likely N-dealkylation sites (tertiary alicyclic amines) is 1. The van der Waals surface area contributed by atoms with E-state index in [2.05, 4.69) is 29.8 Å². The lowest BCUT2D eigenvalue weighted by Crippen LogP contribution is -2.39. The van der Waals surface area contributed by atoms with Gasteiger partial charge in [0, 0.05) is 24.0 Å². The van der Waals surface area contributed by atoms with Crippen LogP contribution < -0.4 is 5.32 Å². The molecule has 1 aliphatic heterocycles. The number of amides is 1. The highest BCUT2D eigenvalue weighted by Crippen LogP contribution is 2.18. The van der Waals surface area contributed by atoms with Crippen molar-refractivity contribution >= 4 is 17.2 Å². The fraction of sp³-hybridized carbons (Fsp3) is 0.643. The maximum absolute atomic E-state index is 12.1. The van der Waals surface area contributed by atoms with E-state index < -0.39 is 0 Å². The Morgan fingerprint density at radius 2 is 2.11 bits per heavy atom. The minimum absolute atomic E-state index is 0.250. The van der Waals surface area contributed by atoms with Crippen molar-refractivity contribution in [1.29, 1.82) is 0 Å². The second-order valence-electron chi connectivity index (χ2n) is 4.91. The van der Waals surface area contributed by atoms with E-state index in [1.807, 2.05) is 4.90 Å². The maximum Gasteiger partial charge on any atom is 0.236 e. The van der Waals surface area contributed by atoms with Crippen LogP contribution >= 0.6 is 11.3 Å². The van der Waals surface area contributed by atoms with Gasteiger partial charge in [0.2, 0.25) is 5.91 Å². The summed E-state index contributed by atoms with van der Waals surface area (Å²) in [5.74, 6) is 0.250. The summed E-state index contributed by atoms with van der Waals surface area (Å²) in [6, 6.07) is 4.43. The molecule has 1 atom stereocenters. The van der Waals surface area contributed by atoms with Crippen LogP contribution in [0.2, 0.25) is 0 Å². The number of hydrogen-bond acceptors (Lipinski definition) is 3. The Labute approximate surface area is 113 Å². The molecule has 2 heterocycles. The van der Waals surface area contributed by atoms with Gasteiger partial charge in [-0.15, -0.1) is 11.3 Å². The second kappa shape index (κ2) is 6.90. The van der Waals surface area contributed by atoms with E-state index in [0.717, 1.165) is 25.9 Å². The van der Waals surface area contributed by atoms with E-state index in [9.17, 15) is 4.79 Å². The van der Waals surface area contributed by atoms with Crippen molar-refractivity contribution in [3.63, 3.8) is 0 Å². The third-order valence-electron chi connectivity index (χ3n) is 3.49. The van der Waals surface area contributed by atoms with E-state index in [0.29, 0.717) is 6.54 Å². The summed E-state index contributed by atoms with van der Waals surface area (Å²) in [7, 11) is 0. The summed E-state index contributed by atoms with van der Waals surface area (Å²) in [5, 5.41) is 5.40. The van der Waals surface area contributed by atoms with Gasteiger partial charge < -0.3 is 10.2 Å². The van der Waals surface area contributed by atoms with Crippen LogP contribution in [0.15, 0.2) is 17.5 Å². The van der Waals surface area contributed by atoms with Crippen LogP contribution in [0.25, 0.3) is 0 Å². The zero-order valence-corrected chi connectivity index (χ0v) is 11.8. The molecule has 1 unspecified atom stereocenters. The Hall–Kier alpha value is -0.870. The first-order chi connectivity index (χ1) is 8.77. The quantitative estimate of drug-likeness (QED) is 0.909. The summed E-state index contributed by atoms with van der Waals surface area (Å²) in [6.07, 6.45) is 4.85. The van der Waals surface area contributed by atoms with Crippen molar-refractivity contribution < 1.29 is 4.79 Å². The number of thiophene rings is 1. The Balaban J connectivity index is 1.77. The predicted octanol–water partition coefficient (Wildman–Crippen LogP) is 2.80. The van der Waals surface area contributed by atoms with E-state index >= 15 is 0 Å². The molecule has 1 amide bonds. The summed E-state index contributed by atoms with van der Waals surface area (Å²) >= 11 is 1.73. The molecule has 0 bridgehead atoms. The average molecular weight is 266 g/mol. The Kier molecular flexibility index (Phi) is 5.20.